The van der Waals surface area contributed by atoms with Gasteiger partial charge in [0.25, 0.3) is 0 Å². The van der Waals surface area contributed by atoms with E-state index in [-0.39, 0.29) is 11.8 Å². The normalized spacial score (nSPS) is 15.5. The zero-order chi connectivity index (χ0) is 16.2. The number of nitrogens with zero attached hydrogens (tertiary/aromatic N) is 3. The van der Waals surface area contributed by atoms with Crippen LogP contribution in [0.25, 0.3) is 0 Å². The molecule has 0 amide bonds. The van der Waals surface area contributed by atoms with Crippen LogP contribution in [0.2, 0.25) is 10.0 Å². The van der Waals surface area contributed by atoms with Crippen LogP contribution >= 0.6 is 35.0 Å². The Morgan fingerprint density at radius 3 is 2.77 bits per heavy atom. The Bertz CT molecular complexity index is 609. The number of halogens is 2. The first-order chi connectivity index (χ1) is 10.5. The predicted octanol–water partition coefficient (Wildman–Crippen LogP) is 4.00. The van der Waals surface area contributed by atoms with Gasteiger partial charge in [0.1, 0.15) is 18.3 Å². The van der Waals surface area contributed by atoms with Crippen molar-refractivity contribution in [3.8, 4) is 0 Å². The van der Waals surface area contributed by atoms with Crippen molar-refractivity contribution in [2.24, 2.45) is 0 Å². The van der Waals surface area contributed by atoms with E-state index in [4.69, 9.17) is 23.2 Å². The van der Waals surface area contributed by atoms with Crippen molar-refractivity contribution >= 4 is 35.0 Å². The molecule has 2 rings (SSSR count). The van der Waals surface area contributed by atoms with E-state index >= 15 is 0 Å². The molecule has 0 spiro atoms. The summed E-state index contributed by atoms with van der Waals surface area (Å²) in [5, 5.41) is 16.4. The van der Waals surface area contributed by atoms with Crippen molar-refractivity contribution in [1.29, 1.82) is 0 Å². The van der Waals surface area contributed by atoms with Crippen LogP contribution in [-0.4, -0.2) is 30.9 Å². The number of rotatable bonds is 7. The maximum absolute atomic E-state index is 11.4. The Morgan fingerprint density at radius 2 is 2.18 bits per heavy atom. The molecule has 120 valence electrons. The number of aliphatic hydroxyl groups is 1. The lowest BCUT2D eigenvalue weighted by atomic mass is 9.90. The maximum Gasteiger partial charge on any atom is 0.137 e. The minimum atomic E-state index is -1.16. The van der Waals surface area contributed by atoms with E-state index in [1.54, 1.807) is 41.0 Å². The highest BCUT2D eigenvalue weighted by molar-refractivity contribution is 7.99. The first-order valence-corrected chi connectivity index (χ1v) is 8.89. The first kappa shape index (κ1) is 17.6. The van der Waals surface area contributed by atoms with E-state index in [0.717, 1.165) is 12.2 Å². The summed E-state index contributed by atoms with van der Waals surface area (Å²) < 4.78 is 1.62. The lowest BCUT2D eigenvalue weighted by Gasteiger charge is -2.35. The van der Waals surface area contributed by atoms with E-state index < -0.39 is 5.60 Å². The predicted molar refractivity (Wildman–Crippen MR) is 92.6 cm³/mol. The molecule has 4 nitrogen and oxygen atoms in total. The van der Waals surface area contributed by atoms with Crippen LogP contribution in [0.15, 0.2) is 30.9 Å². The minimum absolute atomic E-state index is 0.0599. The van der Waals surface area contributed by atoms with E-state index in [1.807, 2.05) is 6.92 Å². The zero-order valence-electron chi connectivity index (χ0n) is 12.5. The maximum atomic E-state index is 11.4. The standard InChI is InChI=1S/C15H19Cl2N3OS/c1-3-6-22-11(2)15(21,8-20-10-18-9-19-20)13-5-4-12(16)7-14(13)17/h4-5,7,9-11,21H,3,6,8H2,1-2H3. The van der Waals surface area contributed by atoms with Gasteiger partial charge >= 0.3 is 0 Å². The molecule has 0 aliphatic heterocycles. The van der Waals surface area contributed by atoms with E-state index in [1.165, 1.54) is 6.33 Å². The zero-order valence-corrected chi connectivity index (χ0v) is 14.9. The number of hydrogen-bond acceptors (Lipinski definition) is 4. The van der Waals surface area contributed by atoms with Gasteiger partial charge in [0.2, 0.25) is 0 Å². The Labute approximate surface area is 144 Å². The van der Waals surface area contributed by atoms with Crippen molar-refractivity contribution in [2.45, 2.75) is 37.7 Å². The molecule has 0 fully saturated rings. The lowest BCUT2D eigenvalue weighted by Crippen LogP contribution is -2.40. The highest BCUT2D eigenvalue weighted by Crippen LogP contribution is 2.39. The Hall–Kier alpha value is -0.750. The van der Waals surface area contributed by atoms with Gasteiger partial charge in [0.15, 0.2) is 0 Å². The van der Waals surface area contributed by atoms with Gasteiger partial charge in [-0.25, -0.2) is 9.67 Å². The molecule has 1 heterocycles. The van der Waals surface area contributed by atoms with Crippen LogP contribution in [0.1, 0.15) is 25.8 Å². The number of thioether (sulfide) groups is 1. The molecule has 2 atom stereocenters. The summed E-state index contributed by atoms with van der Waals surface area (Å²) in [7, 11) is 0. The van der Waals surface area contributed by atoms with Crippen LogP contribution in [0.3, 0.4) is 0 Å². The van der Waals surface area contributed by atoms with E-state index in [0.29, 0.717) is 15.6 Å². The molecular weight excluding hydrogens is 341 g/mol. The second-order valence-corrected chi connectivity index (χ2v) is 7.45. The van der Waals surface area contributed by atoms with Gasteiger partial charge in [-0.1, -0.05) is 43.1 Å². The average Bonchev–Trinajstić information content (AvgIpc) is 2.97. The quantitative estimate of drug-likeness (QED) is 0.811. The monoisotopic (exact) mass is 359 g/mol. The summed E-state index contributed by atoms with van der Waals surface area (Å²) in [5.74, 6) is 0.964. The third-order valence-corrected chi connectivity index (χ3v) is 5.59. The Morgan fingerprint density at radius 1 is 1.41 bits per heavy atom. The summed E-state index contributed by atoms with van der Waals surface area (Å²) in [5.41, 5.74) is -0.500. The van der Waals surface area contributed by atoms with Crippen molar-refractivity contribution in [3.63, 3.8) is 0 Å². The molecule has 0 saturated heterocycles. The number of benzene rings is 1. The smallest absolute Gasteiger partial charge is 0.137 e. The molecule has 0 aliphatic carbocycles. The van der Waals surface area contributed by atoms with Crippen LogP contribution in [0.4, 0.5) is 0 Å². The molecule has 0 saturated carbocycles. The molecular formula is C15H19Cl2N3OS. The van der Waals surface area contributed by atoms with Gasteiger partial charge in [0.05, 0.1) is 6.54 Å². The lowest BCUT2D eigenvalue weighted by molar-refractivity contribution is 0.0168. The summed E-state index contributed by atoms with van der Waals surface area (Å²) in [6.07, 6.45) is 4.09. The Kier molecular flexibility index (Phi) is 6.15. The van der Waals surface area contributed by atoms with Gasteiger partial charge < -0.3 is 5.11 Å². The largest absolute Gasteiger partial charge is 0.382 e. The molecule has 0 bridgehead atoms. The van der Waals surface area contributed by atoms with Crippen LogP contribution in [0, 0.1) is 0 Å². The van der Waals surface area contributed by atoms with Crippen LogP contribution in [0.5, 0.6) is 0 Å². The molecule has 1 aromatic carbocycles. The van der Waals surface area contributed by atoms with E-state index in [9.17, 15) is 5.11 Å². The Balaban J connectivity index is 2.39. The van der Waals surface area contributed by atoms with Crippen LogP contribution < -0.4 is 0 Å². The third-order valence-electron chi connectivity index (χ3n) is 3.51. The summed E-state index contributed by atoms with van der Waals surface area (Å²) in [6, 6.07) is 5.18. The molecule has 2 aromatic rings. The summed E-state index contributed by atoms with van der Waals surface area (Å²) >= 11 is 14.0. The second-order valence-electron chi connectivity index (χ2n) is 5.15. The SMILES string of the molecule is CCCSC(C)C(O)(Cn1cncn1)c1ccc(Cl)cc1Cl. The molecule has 1 aromatic heterocycles. The molecule has 7 heteroatoms. The number of hydrogen-bond donors (Lipinski definition) is 1. The van der Waals surface area contributed by atoms with Gasteiger partial charge in [0, 0.05) is 20.9 Å². The first-order valence-electron chi connectivity index (χ1n) is 7.09. The highest BCUT2D eigenvalue weighted by Gasteiger charge is 2.38. The summed E-state index contributed by atoms with van der Waals surface area (Å²) in [6.45, 7) is 4.40. The van der Waals surface area contributed by atoms with Gasteiger partial charge in [-0.05, 0) is 24.3 Å². The van der Waals surface area contributed by atoms with Crippen molar-refractivity contribution in [1.82, 2.24) is 14.8 Å². The van der Waals surface area contributed by atoms with Crippen molar-refractivity contribution in [3.05, 3.63) is 46.5 Å². The van der Waals surface area contributed by atoms with Gasteiger partial charge in [-0.2, -0.15) is 16.9 Å². The molecule has 2 unspecified atom stereocenters. The van der Waals surface area contributed by atoms with Gasteiger partial charge in [-0.15, -0.1) is 0 Å². The second kappa shape index (κ2) is 7.68. The number of aromatic nitrogens is 3. The van der Waals surface area contributed by atoms with Gasteiger partial charge in [-0.3, -0.25) is 0 Å². The molecule has 0 radical (unpaired) electrons. The minimum Gasteiger partial charge on any atom is -0.382 e. The summed E-state index contributed by atoms with van der Waals surface area (Å²) in [4.78, 5) is 3.94. The molecule has 0 aliphatic rings. The fraction of sp³-hybridized carbons (Fsp3) is 0.467. The van der Waals surface area contributed by atoms with Crippen molar-refractivity contribution in [2.75, 3.05) is 5.75 Å². The van der Waals surface area contributed by atoms with Crippen LogP contribution in [-0.2, 0) is 12.1 Å². The average molecular weight is 360 g/mol. The fourth-order valence-corrected chi connectivity index (χ4v) is 3.91. The molecule has 22 heavy (non-hydrogen) atoms. The topological polar surface area (TPSA) is 50.9 Å². The van der Waals surface area contributed by atoms with E-state index in [2.05, 4.69) is 17.0 Å². The third kappa shape index (κ3) is 3.96. The molecule has 1 N–H and O–H groups in total. The van der Waals surface area contributed by atoms with Crippen molar-refractivity contribution < 1.29 is 5.11 Å². The fourth-order valence-electron chi connectivity index (χ4n) is 2.27. The highest BCUT2D eigenvalue weighted by atomic mass is 35.5.